The highest BCUT2D eigenvalue weighted by atomic mass is 35.5. The molecule has 1 aliphatic rings. The van der Waals surface area contributed by atoms with Crippen molar-refractivity contribution < 1.29 is 14.7 Å². The highest BCUT2D eigenvalue weighted by Gasteiger charge is 2.15. The standard InChI is InChI=1S/C13H16N2O3.ClH/c16-12(9-15-7-1-2-8-15)14-11-5-3-10(4-6-11)13(17)18;/h3-6H,1-2,7-9H2,(H,14,16)(H,17,18);1H. The fourth-order valence-electron chi connectivity index (χ4n) is 2.04. The average Bonchev–Trinajstić information content (AvgIpc) is 2.82. The van der Waals surface area contributed by atoms with Gasteiger partial charge in [-0.2, -0.15) is 0 Å². The van der Waals surface area contributed by atoms with Crippen LogP contribution >= 0.6 is 12.4 Å². The number of anilines is 1. The lowest BCUT2D eigenvalue weighted by atomic mass is 10.2. The summed E-state index contributed by atoms with van der Waals surface area (Å²) >= 11 is 0. The molecule has 2 N–H and O–H groups in total. The zero-order valence-electron chi connectivity index (χ0n) is 10.5. The number of hydrogen-bond donors (Lipinski definition) is 2. The Morgan fingerprint density at radius 3 is 2.26 bits per heavy atom. The molecule has 1 aliphatic heterocycles. The van der Waals surface area contributed by atoms with Crippen LogP contribution in [0.15, 0.2) is 24.3 Å². The van der Waals surface area contributed by atoms with E-state index in [1.54, 1.807) is 12.1 Å². The molecule has 1 amide bonds. The van der Waals surface area contributed by atoms with Crippen LogP contribution in [0.3, 0.4) is 0 Å². The van der Waals surface area contributed by atoms with Gasteiger partial charge in [-0.15, -0.1) is 12.4 Å². The zero-order chi connectivity index (χ0) is 13.0. The Kier molecular flexibility index (Phi) is 5.79. The molecule has 1 fully saturated rings. The van der Waals surface area contributed by atoms with E-state index in [2.05, 4.69) is 10.2 Å². The first kappa shape index (κ1) is 15.5. The first-order chi connectivity index (χ1) is 8.65. The number of carboxylic acids is 1. The fraction of sp³-hybridized carbons (Fsp3) is 0.385. The third-order valence-corrected chi connectivity index (χ3v) is 2.98. The van der Waals surface area contributed by atoms with Gasteiger partial charge in [0.25, 0.3) is 0 Å². The summed E-state index contributed by atoms with van der Waals surface area (Å²) in [5, 5.41) is 11.5. The molecule has 19 heavy (non-hydrogen) atoms. The molecule has 0 aliphatic carbocycles. The molecule has 0 spiro atoms. The fourth-order valence-corrected chi connectivity index (χ4v) is 2.04. The molecular formula is C13H17ClN2O3. The third kappa shape index (κ3) is 4.54. The number of halogens is 1. The van der Waals surface area contributed by atoms with Crippen LogP contribution in [0.25, 0.3) is 0 Å². The molecule has 1 heterocycles. The summed E-state index contributed by atoms with van der Waals surface area (Å²) in [7, 11) is 0. The number of rotatable bonds is 4. The predicted octanol–water partition coefficient (Wildman–Crippen LogP) is 1.84. The molecule has 1 aromatic rings. The van der Waals surface area contributed by atoms with Crippen LogP contribution in [0, 0.1) is 0 Å². The normalized spacial score (nSPS) is 14.7. The second kappa shape index (κ2) is 7.11. The number of nitrogens with one attached hydrogen (secondary N) is 1. The first-order valence-corrected chi connectivity index (χ1v) is 6.01. The van der Waals surface area contributed by atoms with E-state index >= 15 is 0 Å². The number of carboxylic acid groups (broad SMARTS) is 1. The Balaban J connectivity index is 0.00000180. The van der Waals surface area contributed by atoms with E-state index in [1.807, 2.05) is 0 Å². The summed E-state index contributed by atoms with van der Waals surface area (Å²) in [6.07, 6.45) is 2.31. The number of likely N-dealkylation sites (tertiary alicyclic amines) is 1. The summed E-state index contributed by atoms with van der Waals surface area (Å²) in [5.74, 6) is -1.02. The van der Waals surface area contributed by atoms with Crippen molar-refractivity contribution in [2.24, 2.45) is 0 Å². The monoisotopic (exact) mass is 284 g/mol. The molecule has 5 nitrogen and oxygen atoms in total. The second-order valence-corrected chi connectivity index (χ2v) is 4.41. The van der Waals surface area contributed by atoms with E-state index in [1.165, 1.54) is 12.1 Å². The average molecular weight is 285 g/mol. The molecule has 104 valence electrons. The van der Waals surface area contributed by atoms with Gasteiger partial charge in [-0.1, -0.05) is 0 Å². The molecule has 1 aromatic carbocycles. The van der Waals surface area contributed by atoms with Crippen LogP contribution in [0.2, 0.25) is 0 Å². The highest BCUT2D eigenvalue weighted by Crippen LogP contribution is 2.11. The van der Waals surface area contributed by atoms with Crippen molar-refractivity contribution in [2.75, 3.05) is 25.0 Å². The number of aromatic carboxylic acids is 1. The number of carbonyl (C=O) groups is 2. The summed E-state index contributed by atoms with van der Waals surface area (Å²) in [5.41, 5.74) is 0.844. The van der Waals surface area contributed by atoms with Gasteiger partial charge in [-0.05, 0) is 50.2 Å². The van der Waals surface area contributed by atoms with Crippen molar-refractivity contribution in [3.63, 3.8) is 0 Å². The van der Waals surface area contributed by atoms with E-state index in [0.29, 0.717) is 12.2 Å². The maximum absolute atomic E-state index is 11.7. The maximum atomic E-state index is 11.7. The Hall–Kier alpha value is -1.59. The molecule has 6 heteroatoms. The third-order valence-electron chi connectivity index (χ3n) is 2.98. The Morgan fingerprint density at radius 1 is 1.16 bits per heavy atom. The van der Waals surface area contributed by atoms with Gasteiger partial charge >= 0.3 is 5.97 Å². The zero-order valence-corrected chi connectivity index (χ0v) is 11.3. The second-order valence-electron chi connectivity index (χ2n) is 4.41. The van der Waals surface area contributed by atoms with E-state index in [9.17, 15) is 9.59 Å². The van der Waals surface area contributed by atoms with Gasteiger partial charge in [0.05, 0.1) is 12.1 Å². The topological polar surface area (TPSA) is 69.6 Å². The van der Waals surface area contributed by atoms with Crippen molar-refractivity contribution in [2.45, 2.75) is 12.8 Å². The molecule has 2 rings (SSSR count). The minimum absolute atomic E-state index is 0. The van der Waals surface area contributed by atoms with E-state index in [0.717, 1.165) is 25.9 Å². The largest absolute Gasteiger partial charge is 0.478 e. The SMILES string of the molecule is Cl.O=C(CN1CCCC1)Nc1ccc(C(=O)O)cc1. The van der Waals surface area contributed by atoms with Crippen LogP contribution < -0.4 is 5.32 Å². The number of carbonyl (C=O) groups excluding carboxylic acids is 1. The highest BCUT2D eigenvalue weighted by molar-refractivity contribution is 5.93. The first-order valence-electron chi connectivity index (χ1n) is 6.01. The molecule has 0 unspecified atom stereocenters. The van der Waals surface area contributed by atoms with Crippen molar-refractivity contribution in [1.82, 2.24) is 4.90 Å². The van der Waals surface area contributed by atoms with Crippen LogP contribution in [-0.2, 0) is 4.79 Å². The van der Waals surface area contributed by atoms with Gasteiger partial charge in [0, 0.05) is 5.69 Å². The van der Waals surface area contributed by atoms with Crippen LogP contribution in [-0.4, -0.2) is 41.5 Å². The van der Waals surface area contributed by atoms with Crippen molar-refractivity contribution >= 4 is 30.0 Å². The van der Waals surface area contributed by atoms with Gasteiger partial charge in [0.15, 0.2) is 0 Å². The molecule has 0 atom stereocenters. The van der Waals surface area contributed by atoms with Gasteiger partial charge in [0.1, 0.15) is 0 Å². The molecule has 1 saturated heterocycles. The van der Waals surface area contributed by atoms with Crippen molar-refractivity contribution in [3.05, 3.63) is 29.8 Å². The smallest absolute Gasteiger partial charge is 0.335 e. The minimum Gasteiger partial charge on any atom is -0.478 e. The Morgan fingerprint density at radius 2 is 1.74 bits per heavy atom. The summed E-state index contributed by atoms with van der Waals surface area (Å²) < 4.78 is 0. The predicted molar refractivity (Wildman–Crippen MR) is 75.0 cm³/mol. The van der Waals surface area contributed by atoms with Crippen LogP contribution in [0.4, 0.5) is 5.69 Å². The van der Waals surface area contributed by atoms with E-state index in [-0.39, 0.29) is 23.9 Å². The lowest BCUT2D eigenvalue weighted by Crippen LogP contribution is -2.30. The van der Waals surface area contributed by atoms with Crippen LogP contribution in [0.1, 0.15) is 23.2 Å². The van der Waals surface area contributed by atoms with Crippen LogP contribution in [0.5, 0.6) is 0 Å². The van der Waals surface area contributed by atoms with Crippen molar-refractivity contribution in [3.8, 4) is 0 Å². The number of nitrogens with zero attached hydrogens (tertiary/aromatic N) is 1. The van der Waals surface area contributed by atoms with E-state index < -0.39 is 5.97 Å². The Bertz CT molecular complexity index is 442. The molecule has 0 saturated carbocycles. The Labute approximate surface area is 118 Å². The van der Waals surface area contributed by atoms with Gasteiger partial charge in [-0.3, -0.25) is 9.69 Å². The molecule has 0 radical (unpaired) electrons. The summed E-state index contributed by atoms with van der Waals surface area (Å²) in [6, 6.07) is 6.16. The lowest BCUT2D eigenvalue weighted by Gasteiger charge is -2.14. The summed E-state index contributed by atoms with van der Waals surface area (Å²) in [6.45, 7) is 2.36. The quantitative estimate of drug-likeness (QED) is 0.885. The van der Waals surface area contributed by atoms with Gasteiger partial charge in [-0.25, -0.2) is 4.79 Å². The maximum Gasteiger partial charge on any atom is 0.335 e. The number of benzene rings is 1. The van der Waals surface area contributed by atoms with E-state index in [4.69, 9.17) is 5.11 Å². The molecule has 0 bridgehead atoms. The lowest BCUT2D eigenvalue weighted by molar-refractivity contribution is -0.117. The van der Waals surface area contributed by atoms with Gasteiger partial charge in [0.2, 0.25) is 5.91 Å². The number of hydrogen-bond acceptors (Lipinski definition) is 3. The minimum atomic E-state index is -0.968. The van der Waals surface area contributed by atoms with Crippen molar-refractivity contribution in [1.29, 1.82) is 0 Å². The molecular weight excluding hydrogens is 268 g/mol. The van der Waals surface area contributed by atoms with Gasteiger partial charge < -0.3 is 10.4 Å². The summed E-state index contributed by atoms with van der Waals surface area (Å²) in [4.78, 5) is 24.5. The molecule has 0 aromatic heterocycles. The number of amides is 1.